The second kappa shape index (κ2) is 4.53. The summed E-state index contributed by atoms with van der Waals surface area (Å²) in [6.07, 6.45) is 2.67. The molecule has 1 aromatic heterocycles. The van der Waals surface area contributed by atoms with E-state index in [2.05, 4.69) is 38.9 Å². The van der Waals surface area contributed by atoms with Crippen molar-refractivity contribution in [3.05, 3.63) is 46.8 Å². The van der Waals surface area contributed by atoms with Crippen molar-refractivity contribution < 1.29 is 0 Å². The minimum Gasteiger partial charge on any atom is -0.241 e. The average Bonchev–Trinajstić information content (AvgIpc) is 2.29. The maximum atomic E-state index is 4.47. The van der Waals surface area contributed by atoms with E-state index in [9.17, 15) is 0 Å². The zero-order valence-corrected chi connectivity index (χ0v) is 10.0. The van der Waals surface area contributed by atoms with Crippen molar-refractivity contribution in [2.24, 2.45) is 0 Å². The van der Waals surface area contributed by atoms with Gasteiger partial charge >= 0.3 is 0 Å². The minimum atomic E-state index is 0.863. The first-order valence-electron chi connectivity index (χ1n) is 4.87. The van der Waals surface area contributed by atoms with Crippen molar-refractivity contribution >= 4 is 15.9 Å². The molecule has 0 amide bonds. The van der Waals surface area contributed by atoms with E-state index < -0.39 is 0 Å². The van der Waals surface area contributed by atoms with Crippen molar-refractivity contribution in [3.63, 3.8) is 0 Å². The van der Waals surface area contributed by atoms with E-state index in [-0.39, 0.29) is 0 Å². The molecule has 1 aromatic carbocycles. The molecule has 0 radical (unpaired) electrons. The van der Waals surface area contributed by atoms with Gasteiger partial charge in [0.15, 0.2) is 0 Å². The van der Waals surface area contributed by atoms with Crippen LogP contribution in [0.1, 0.15) is 12.7 Å². The van der Waals surface area contributed by atoms with E-state index in [0.717, 1.165) is 28.0 Å². The summed E-state index contributed by atoms with van der Waals surface area (Å²) in [6.45, 7) is 2.06. The van der Waals surface area contributed by atoms with Crippen LogP contribution in [0.15, 0.2) is 41.0 Å². The van der Waals surface area contributed by atoms with E-state index in [0.29, 0.717) is 0 Å². The predicted octanol–water partition coefficient (Wildman–Crippen LogP) is 3.47. The summed E-state index contributed by atoms with van der Waals surface area (Å²) in [5.41, 5.74) is 2.09. The molecule has 0 unspecified atom stereocenters. The summed E-state index contributed by atoms with van der Waals surface area (Å²) < 4.78 is 1.07. The Bertz CT molecular complexity index is 469. The van der Waals surface area contributed by atoms with Gasteiger partial charge in [-0.25, -0.2) is 9.97 Å². The van der Waals surface area contributed by atoms with Crippen LogP contribution < -0.4 is 0 Å². The van der Waals surface area contributed by atoms with Gasteiger partial charge in [0.05, 0.1) is 5.69 Å². The highest BCUT2D eigenvalue weighted by Gasteiger charge is 2.01. The Balaban J connectivity index is 2.44. The lowest BCUT2D eigenvalue weighted by molar-refractivity contribution is 0.943. The normalized spacial score (nSPS) is 10.3. The highest BCUT2D eigenvalue weighted by Crippen LogP contribution is 2.20. The molecule has 76 valence electrons. The number of hydrogen-bond donors (Lipinski definition) is 0. The van der Waals surface area contributed by atoms with Gasteiger partial charge in [0.2, 0.25) is 0 Å². The van der Waals surface area contributed by atoms with E-state index >= 15 is 0 Å². The summed E-state index contributed by atoms with van der Waals surface area (Å²) in [6, 6.07) is 10.0. The van der Waals surface area contributed by atoms with Crippen LogP contribution in [-0.4, -0.2) is 9.97 Å². The fourth-order valence-corrected chi connectivity index (χ4v) is 1.78. The third-order valence-electron chi connectivity index (χ3n) is 2.14. The molecule has 2 aromatic rings. The van der Waals surface area contributed by atoms with Gasteiger partial charge < -0.3 is 0 Å². The second-order valence-corrected chi connectivity index (χ2v) is 4.14. The predicted molar refractivity (Wildman–Crippen MR) is 64.5 cm³/mol. The van der Waals surface area contributed by atoms with Crippen molar-refractivity contribution in [2.45, 2.75) is 13.3 Å². The van der Waals surface area contributed by atoms with E-state index in [4.69, 9.17) is 0 Å². The van der Waals surface area contributed by atoms with Crippen LogP contribution in [0.3, 0.4) is 0 Å². The topological polar surface area (TPSA) is 25.8 Å². The second-order valence-electron chi connectivity index (χ2n) is 3.22. The van der Waals surface area contributed by atoms with Crippen LogP contribution >= 0.6 is 15.9 Å². The summed E-state index contributed by atoms with van der Waals surface area (Å²) in [7, 11) is 0. The number of hydrogen-bond acceptors (Lipinski definition) is 2. The molecule has 0 saturated carbocycles. The first kappa shape index (κ1) is 10.3. The summed E-state index contributed by atoms with van der Waals surface area (Å²) in [5, 5.41) is 0. The zero-order chi connectivity index (χ0) is 10.7. The lowest BCUT2D eigenvalue weighted by Gasteiger charge is -2.02. The minimum absolute atomic E-state index is 0.863. The molecular formula is C12H11BrN2. The van der Waals surface area contributed by atoms with Crippen LogP contribution in [-0.2, 0) is 6.42 Å². The molecule has 0 bridgehead atoms. The Morgan fingerprint density at radius 3 is 2.87 bits per heavy atom. The van der Waals surface area contributed by atoms with Crippen molar-refractivity contribution in [1.82, 2.24) is 9.97 Å². The molecule has 0 N–H and O–H groups in total. The molecule has 0 fully saturated rings. The lowest BCUT2D eigenvalue weighted by atomic mass is 10.1. The van der Waals surface area contributed by atoms with E-state index in [1.165, 1.54) is 0 Å². The number of benzene rings is 1. The third-order valence-corrected chi connectivity index (χ3v) is 2.64. The van der Waals surface area contributed by atoms with Gasteiger partial charge in [0.25, 0.3) is 0 Å². The Labute approximate surface area is 97.5 Å². The first-order valence-corrected chi connectivity index (χ1v) is 5.67. The van der Waals surface area contributed by atoms with Gasteiger partial charge in [0, 0.05) is 22.7 Å². The lowest BCUT2D eigenvalue weighted by Crippen LogP contribution is -1.93. The summed E-state index contributed by atoms with van der Waals surface area (Å²) in [4.78, 5) is 8.65. The number of rotatable bonds is 2. The van der Waals surface area contributed by atoms with E-state index in [1.807, 2.05) is 30.5 Å². The fraction of sp³-hybridized carbons (Fsp3) is 0.167. The summed E-state index contributed by atoms with van der Waals surface area (Å²) >= 11 is 3.45. The molecule has 0 aliphatic carbocycles. The van der Waals surface area contributed by atoms with Gasteiger partial charge in [-0.3, -0.25) is 0 Å². The highest BCUT2D eigenvalue weighted by atomic mass is 79.9. The molecule has 2 rings (SSSR count). The Morgan fingerprint density at radius 2 is 2.13 bits per heavy atom. The third kappa shape index (κ3) is 2.42. The van der Waals surface area contributed by atoms with Gasteiger partial charge in [-0.05, 0) is 18.2 Å². The number of nitrogens with zero attached hydrogens (tertiary/aromatic N) is 2. The highest BCUT2D eigenvalue weighted by molar-refractivity contribution is 9.10. The van der Waals surface area contributed by atoms with E-state index in [1.54, 1.807) is 0 Å². The number of halogens is 1. The molecule has 0 aliphatic heterocycles. The van der Waals surface area contributed by atoms with Crippen LogP contribution in [0.2, 0.25) is 0 Å². The Hall–Kier alpha value is -1.22. The molecule has 0 spiro atoms. The Morgan fingerprint density at radius 1 is 1.27 bits per heavy atom. The first-order chi connectivity index (χ1) is 7.29. The zero-order valence-electron chi connectivity index (χ0n) is 8.44. The van der Waals surface area contributed by atoms with Gasteiger partial charge in [-0.15, -0.1) is 0 Å². The quantitative estimate of drug-likeness (QED) is 0.829. The Kier molecular flexibility index (Phi) is 3.11. The van der Waals surface area contributed by atoms with Crippen molar-refractivity contribution in [2.75, 3.05) is 0 Å². The molecule has 2 nitrogen and oxygen atoms in total. The smallest absolute Gasteiger partial charge is 0.128 e. The van der Waals surface area contributed by atoms with Crippen LogP contribution in [0.5, 0.6) is 0 Å². The monoisotopic (exact) mass is 262 g/mol. The number of aromatic nitrogens is 2. The standard InChI is InChI=1S/C12H11BrN2/c1-2-12-14-7-6-11(15-12)9-4-3-5-10(13)8-9/h3-8H,2H2,1H3. The van der Waals surface area contributed by atoms with Crippen molar-refractivity contribution in [1.29, 1.82) is 0 Å². The van der Waals surface area contributed by atoms with Crippen LogP contribution in [0.25, 0.3) is 11.3 Å². The average molecular weight is 263 g/mol. The molecule has 15 heavy (non-hydrogen) atoms. The molecule has 0 aliphatic rings. The largest absolute Gasteiger partial charge is 0.241 e. The van der Waals surface area contributed by atoms with Crippen LogP contribution in [0, 0.1) is 0 Å². The van der Waals surface area contributed by atoms with Crippen molar-refractivity contribution in [3.8, 4) is 11.3 Å². The van der Waals surface area contributed by atoms with Crippen LogP contribution in [0.4, 0.5) is 0 Å². The van der Waals surface area contributed by atoms with Gasteiger partial charge in [0.1, 0.15) is 5.82 Å². The molecule has 0 saturated heterocycles. The fourth-order valence-electron chi connectivity index (χ4n) is 1.38. The number of aryl methyl sites for hydroxylation is 1. The SMILES string of the molecule is CCc1nccc(-c2cccc(Br)c2)n1. The molecule has 3 heteroatoms. The molecule has 0 atom stereocenters. The maximum absolute atomic E-state index is 4.47. The maximum Gasteiger partial charge on any atom is 0.128 e. The summed E-state index contributed by atoms with van der Waals surface area (Å²) in [5.74, 6) is 0.882. The van der Waals surface area contributed by atoms with Gasteiger partial charge in [-0.2, -0.15) is 0 Å². The molecule has 1 heterocycles. The molecular weight excluding hydrogens is 252 g/mol. The van der Waals surface area contributed by atoms with Gasteiger partial charge in [-0.1, -0.05) is 35.0 Å².